The van der Waals surface area contributed by atoms with Gasteiger partial charge in [-0.1, -0.05) is 19.1 Å². The van der Waals surface area contributed by atoms with Crippen molar-refractivity contribution in [1.82, 2.24) is 4.90 Å². The molecule has 0 aliphatic heterocycles. The van der Waals surface area contributed by atoms with Crippen molar-refractivity contribution in [2.24, 2.45) is 0 Å². The standard InChI is InChI=1S/C13H19NOS/c1-3-9-14(4-2)13(15)10-11-5-7-12(16)8-6-11/h5-8,16H,3-4,9-10H2,1-2H3. The highest BCUT2D eigenvalue weighted by molar-refractivity contribution is 7.80. The second-order valence-corrected chi connectivity index (χ2v) is 4.33. The van der Waals surface area contributed by atoms with Crippen LogP contribution in [0.5, 0.6) is 0 Å². The second-order valence-electron chi connectivity index (χ2n) is 3.82. The molecule has 2 nitrogen and oxygen atoms in total. The Morgan fingerprint density at radius 3 is 2.38 bits per heavy atom. The molecular weight excluding hydrogens is 218 g/mol. The molecule has 1 aromatic carbocycles. The van der Waals surface area contributed by atoms with Crippen LogP contribution in [0.2, 0.25) is 0 Å². The van der Waals surface area contributed by atoms with Crippen molar-refractivity contribution in [2.75, 3.05) is 13.1 Å². The Bertz CT molecular complexity index is 334. The Morgan fingerprint density at radius 2 is 1.88 bits per heavy atom. The Labute approximate surface area is 103 Å². The van der Waals surface area contributed by atoms with E-state index in [1.165, 1.54) is 0 Å². The number of benzene rings is 1. The van der Waals surface area contributed by atoms with Gasteiger partial charge in [0.2, 0.25) is 5.91 Å². The lowest BCUT2D eigenvalue weighted by atomic mass is 10.1. The molecule has 0 saturated carbocycles. The minimum absolute atomic E-state index is 0.205. The van der Waals surface area contributed by atoms with Crippen LogP contribution in [0, 0.1) is 0 Å². The minimum Gasteiger partial charge on any atom is -0.343 e. The normalized spacial score (nSPS) is 10.2. The van der Waals surface area contributed by atoms with Gasteiger partial charge in [-0.15, -0.1) is 12.6 Å². The van der Waals surface area contributed by atoms with Crippen molar-refractivity contribution in [3.8, 4) is 0 Å². The molecule has 0 N–H and O–H groups in total. The zero-order valence-corrected chi connectivity index (χ0v) is 10.8. The number of carbonyl (C=O) groups is 1. The minimum atomic E-state index is 0.205. The fourth-order valence-electron chi connectivity index (χ4n) is 1.63. The van der Waals surface area contributed by atoms with E-state index in [-0.39, 0.29) is 5.91 Å². The zero-order valence-electron chi connectivity index (χ0n) is 9.94. The highest BCUT2D eigenvalue weighted by atomic mass is 32.1. The van der Waals surface area contributed by atoms with Gasteiger partial charge in [-0.05, 0) is 31.0 Å². The number of nitrogens with zero attached hydrogens (tertiary/aromatic N) is 1. The summed E-state index contributed by atoms with van der Waals surface area (Å²) in [5.74, 6) is 0.205. The number of likely N-dealkylation sites (N-methyl/N-ethyl adjacent to an activating group) is 1. The van der Waals surface area contributed by atoms with Crippen LogP contribution < -0.4 is 0 Å². The van der Waals surface area contributed by atoms with Gasteiger partial charge in [0.1, 0.15) is 0 Å². The van der Waals surface area contributed by atoms with E-state index in [0.717, 1.165) is 30.0 Å². The van der Waals surface area contributed by atoms with Gasteiger partial charge >= 0.3 is 0 Å². The third kappa shape index (κ3) is 3.89. The van der Waals surface area contributed by atoms with Crippen molar-refractivity contribution in [2.45, 2.75) is 31.6 Å². The molecule has 1 amide bonds. The first-order chi connectivity index (χ1) is 7.67. The molecule has 0 aromatic heterocycles. The summed E-state index contributed by atoms with van der Waals surface area (Å²) >= 11 is 4.22. The SMILES string of the molecule is CCCN(CC)C(=O)Cc1ccc(S)cc1. The second kappa shape index (κ2) is 6.59. The Kier molecular flexibility index (Phi) is 5.39. The summed E-state index contributed by atoms with van der Waals surface area (Å²) in [6, 6.07) is 7.75. The van der Waals surface area contributed by atoms with Crippen LogP contribution >= 0.6 is 12.6 Å². The summed E-state index contributed by atoms with van der Waals surface area (Å²) in [6.45, 7) is 5.74. The van der Waals surface area contributed by atoms with Gasteiger partial charge in [0, 0.05) is 18.0 Å². The summed E-state index contributed by atoms with van der Waals surface area (Å²) in [5, 5.41) is 0. The van der Waals surface area contributed by atoms with Gasteiger partial charge in [0.15, 0.2) is 0 Å². The first-order valence-corrected chi connectivity index (χ1v) is 6.17. The largest absolute Gasteiger partial charge is 0.343 e. The van der Waals surface area contributed by atoms with E-state index in [2.05, 4.69) is 19.6 Å². The Balaban J connectivity index is 2.59. The lowest BCUT2D eigenvalue weighted by Gasteiger charge is -2.20. The molecule has 0 aliphatic rings. The molecule has 0 unspecified atom stereocenters. The van der Waals surface area contributed by atoms with Gasteiger partial charge in [0.25, 0.3) is 0 Å². The number of carbonyl (C=O) groups excluding carboxylic acids is 1. The van der Waals surface area contributed by atoms with E-state index in [9.17, 15) is 4.79 Å². The third-order valence-electron chi connectivity index (χ3n) is 2.52. The van der Waals surface area contributed by atoms with E-state index in [0.29, 0.717) is 6.42 Å². The van der Waals surface area contributed by atoms with Crippen LogP contribution in [-0.2, 0) is 11.2 Å². The molecular formula is C13H19NOS. The highest BCUT2D eigenvalue weighted by Crippen LogP contribution is 2.09. The maximum absolute atomic E-state index is 11.9. The van der Waals surface area contributed by atoms with E-state index < -0.39 is 0 Å². The molecule has 0 aliphatic carbocycles. The lowest BCUT2D eigenvalue weighted by Crippen LogP contribution is -2.32. The molecule has 0 heterocycles. The summed E-state index contributed by atoms with van der Waals surface area (Å²) < 4.78 is 0. The van der Waals surface area contributed by atoms with Crippen molar-refractivity contribution in [1.29, 1.82) is 0 Å². The number of hydrogen-bond acceptors (Lipinski definition) is 2. The van der Waals surface area contributed by atoms with Crippen LogP contribution in [-0.4, -0.2) is 23.9 Å². The summed E-state index contributed by atoms with van der Waals surface area (Å²) in [7, 11) is 0. The predicted octanol–water partition coefficient (Wildman–Crippen LogP) is 2.78. The van der Waals surface area contributed by atoms with Crippen LogP contribution in [0.25, 0.3) is 0 Å². The number of rotatable bonds is 5. The lowest BCUT2D eigenvalue weighted by molar-refractivity contribution is -0.130. The van der Waals surface area contributed by atoms with Crippen molar-refractivity contribution in [3.63, 3.8) is 0 Å². The van der Waals surface area contributed by atoms with Crippen molar-refractivity contribution in [3.05, 3.63) is 29.8 Å². The molecule has 88 valence electrons. The van der Waals surface area contributed by atoms with Crippen LogP contribution in [0.15, 0.2) is 29.2 Å². The zero-order chi connectivity index (χ0) is 12.0. The van der Waals surface area contributed by atoms with Gasteiger partial charge < -0.3 is 4.90 Å². The maximum Gasteiger partial charge on any atom is 0.226 e. The van der Waals surface area contributed by atoms with Crippen molar-refractivity contribution < 1.29 is 4.79 Å². The van der Waals surface area contributed by atoms with Crippen LogP contribution in [0.1, 0.15) is 25.8 Å². The first-order valence-electron chi connectivity index (χ1n) is 5.73. The predicted molar refractivity (Wildman–Crippen MR) is 69.9 cm³/mol. The average molecular weight is 237 g/mol. The fourth-order valence-corrected chi connectivity index (χ4v) is 1.78. The van der Waals surface area contributed by atoms with Crippen molar-refractivity contribution >= 4 is 18.5 Å². The Hall–Kier alpha value is -0.960. The summed E-state index contributed by atoms with van der Waals surface area (Å²) in [5.41, 5.74) is 1.05. The van der Waals surface area contributed by atoms with Crippen LogP contribution in [0.3, 0.4) is 0 Å². The first kappa shape index (κ1) is 13.1. The third-order valence-corrected chi connectivity index (χ3v) is 2.82. The molecule has 0 radical (unpaired) electrons. The molecule has 0 saturated heterocycles. The van der Waals surface area contributed by atoms with E-state index in [1.807, 2.05) is 36.1 Å². The molecule has 0 atom stereocenters. The molecule has 0 fully saturated rings. The number of amides is 1. The monoisotopic (exact) mass is 237 g/mol. The summed E-state index contributed by atoms with van der Waals surface area (Å²) in [6.07, 6.45) is 1.50. The Morgan fingerprint density at radius 1 is 1.25 bits per heavy atom. The van der Waals surface area contributed by atoms with Gasteiger partial charge in [0.05, 0.1) is 6.42 Å². The molecule has 0 spiro atoms. The van der Waals surface area contributed by atoms with E-state index in [1.54, 1.807) is 0 Å². The number of hydrogen-bond donors (Lipinski definition) is 1. The molecule has 1 aromatic rings. The van der Waals surface area contributed by atoms with Crippen LogP contribution in [0.4, 0.5) is 0 Å². The summed E-state index contributed by atoms with van der Waals surface area (Å²) in [4.78, 5) is 14.8. The fraction of sp³-hybridized carbons (Fsp3) is 0.462. The topological polar surface area (TPSA) is 20.3 Å². The van der Waals surface area contributed by atoms with E-state index in [4.69, 9.17) is 0 Å². The number of thiol groups is 1. The van der Waals surface area contributed by atoms with Gasteiger partial charge in [-0.25, -0.2) is 0 Å². The highest BCUT2D eigenvalue weighted by Gasteiger charge is 2.10. The molecule has 1 rings (SSSR count). The maximum atomic E-state index is 11.9. The quantitative estimate of drug-likeness (QED) is 0.781. The molecule has 3 heteroatoms. The van der Waals surface area contributed by atoms with Gasteiger partial charge in [-0.3, -0.25) is 4.79 Å². The average Bonchev–Trinajstić information content (AvgIpc) is 2.29. The smallest absolute Gasteiger partial charge is 0.226 e. The van der Waals surface area contributed by atoms with E-state index >= 15 is 0 Å². The van der Waals surface area contributed by atoms with Gasteiger partial charge in [-0.2, -0.15) is 0 Å². The molecule has 0 bridgehead atoms. The molecule has 16 heavy (non-hydrogen) atoms.